The maximum atomic E-state index is 12.6. The molecule has 1 aliphatic heterocycles. The van der Waals surface area contributed by atoms with Crippen molar-refractivity contribution in [3.05, 3.63) is 38.8 Å². The quantitative estimate of drug-likeness (QED) is 0.628. The minimum absolute atomic E-state index is 0.0684. The Labute approximate surface area is 174 Å². The smallest absolute Gasteiger partial charge is 0.263 e. The number of halogens is 2. The number of carbonyl (C=O) groups excluding carboxylic acids is 1. The molecule has 3 rings (SSSR count). The molecule has 2 aromatic rings. The van der Waals surface area contributed by atoms with E-state index in [1.54, 1.807) is 6.07 Å². The predicted octanol–water partition coefficient (Wildman–Crippen LogP) is 5.42. The zero-order valence-electron chi connectivity index (χ0n) is 15.7. The number of aromatic nitrogens is 1. The number of carbonyl (C=O) groups is 1. The predicted molar refractivity (Wildman–Crippen MR) is 114 cm³/mol. The second-order valence-electron chi connectivity index (χ2n) is 7.03. The zero-order valence-corrected chi connectivity index (χ0v) is 18.1. The summed E-state index contributed by atoms with van der Waals surface area (Å²) >= 11 is 13.7. The van der Waals surface area contributed by atoms with E-state index < -0.39 is 0 Å². The van der Waals surface area contributed by atoms with Crippen LogP contribution in [0.4, 0.5) is 0 Å². The number of aryl methyl sites for hydroxylation is 1. The van der Waals surface area contributed by atoms with E-state index in [0.29, 0.717) is 38.2 Å². The van der Waals surface area contributed by atoms with Crippen molar-refractivity contribution in [2.45, 2.75) is 45.6 Å². The molecule has 1 aromatic carbocycles. The molecule has 1 atom stereocenters. The highest BCUT2D eigenvalue weighted by atomic mass is 35.5. The summed E-state index contributed by atoms with van der Waals surface area (Å²) in [5, 5.41) is 4.70. The van der Waals surface area contributed by atoms with Crippen molar-refractivity contribution in [2.75, 3.05) is 19.6 Å². The third kappa shape index (κ3) is 5.02. The van der Waals surface area contributed by atoms with Gasteiger partial charge in [-0.05, 0) is 45.7 Å². The fourth-order valence-electron chi connectivity index (χ4n) is 3.45. The van der Waals surface area contributed by atoms with Gasteiger partial charge in [0.2, 0.25) is 0 Å². The lowest BCUT2D eigenvalue weighted by molar-refractivity contribution is 0.0952. The van der Waals surface area contributed by atoms with Gasteiger partial charge in [-0.1, -0.05) is 41.8 Å². The van der Waals surface area contributed by atoms with Crippen LogP contribution in [0, 0.1) is 6.92 Å². The molecule has 1 aromatic heterocycles. The van der Waals surface area contributed by atoms with Gasteiger partial charge < -0.3 is 10.2 Å². The van der Waals surface area contributed by atoms with Gasteiger partial charge in [-0.15, -0.1) is 11.3 Å². The van der Waals surface area contributed by atoms with E-state index in [2.05, 4.69) is 22.1 Å². The summed E-state index contributed by atoms with van der Waals surface area (Å²) in [7, 11) is 0. The molecule has 0 saturated carbocycles. The molecule has 1 fully saturated rings. The van der Waals surface area contributed by atoms with Crippen molar-refractivity contribution in [3.63, 3.8) is 0 Å². The van der Waals surface area contributed by atoms with E-state index >= 15 is 0 Å². The molecule has 27 heavy (non-hydrogen) atoms. The molecule has 0 spiro atoms. The molecule has 7 heteroatoms. The van der Waals surface area contributed by atoms with Crippen molar-refractivity contribution in [3.8, 4) is 10.6 Å². The lowest BCUT2D eigenvalue weighted by Gasteiger charge is -2.33. The maximum Gasteiger partial charge on any atom is 0.263 e. The van der Waals surface area contributed by atoms with Crippen LogP contribution in [0.5, 0.6) is 0 Å². The molecular weight excluding hydrogens is 401 g/mol. The largest absolute Gasteiger partial charge is 0.351 e. The molecule has 0 bridgehead atoms. The van der Waals surface area contributed by atoms with Crippen LogP contribution in [0.25, 0.3) is 10.6 Å². The topological polar surface area (TPSA) is 45.2 Å². The summed E-state index contributed by atoms with van der Waals surface area (Å²) in [5.74, 6) is -0.0684. The molecule has 4 nitrogen and oxygen atoms in total. The minimum atomic E-state index is -0.0684. The van der Waals surface area contributed by atoms with Gasteiger partial charge >= 0.3 is 0 Å². The van der Waals surface area contributed by atoms with Crippen molar-refractivity contribution in [1.82, 2.24) is 15.2 Å². The third-order valence-electron chi connectivity index (χ3n) is 5.03. The lowest BCUT2D eigenvalue weighted by atomic mass is 10.0. The Kier molecular flexibility index (Phi) is 7.15. The van der Waals surface area contributed by atoms with E-state index in [9.17, 15) is 4.79 Å². The number of nitrogens with one attached hydrogen (secondary N) is 1. The van der Waals surface area contributed by atoms with Gasteiger partial charge in [0.05, 0.1) is 15.7 Å². The van der Waals surface area contributed by atoms with Gasteiger partial charge in [0.15, 0.2) is 0 Å². The van der Waals surface area contributed by atoms with Gasteiger partial charge in [0.25, 0.3) is 5.91 Å². The number of piperidine rings is 1. The standard InChI is InChI=1S/C20H25Cl2N3OS/c1-13-7-3-4-11-25(13)12-6-10-23-19(26)18-14(2)24-20(27-18)15-8-5-9-16(21)17(15)22/h5,8-9,13H,3-4,6-7,10-12H2,1-2H3,(H,23,26). The molecule has 1 amide bonds. The number of hydrogen-bond acceptors (Lipinski definition) is 4. The van der Waals surface area contributed by atoms with Crippen LogP contribution in [0.1, 0.15) is 48.0 Å². The van der Waals surface area contributed by atoms with E-state index in [0.717, 1.165) is 18.5 Å². The first-order valence-electron chi connectivity index (χ1n) is 9.41. The van der Waals surface area contributed by atoms with Crippen LogP contribution >= 0.6 is 34.5 Å². The molecule has 1 aliphatic rings. The average molecular weight is 426 g/mol. The van der Waals surface area contributed by atoms with Crippen molar-refractivity contribution in [1.29, 1.82) is 0 Å². The van der Waals surface area contributed by atoms with Crippen LogP contribution in [0.15, 0.2) is 18.2 Å². The second kappa shape index (κ2) is 9.37. The van der Waals surface area contributed by atoms with Crippen molar-refractivity contribution >= 4 is 40.4 Å². The Bertz CT molecular complexity index is 809. The van der Waals surface area contributed by atoms with Crippen LogP contribution in [-0.2, 0) is 0 Å². The lowest BCUT2D eigenvalue weighted by Crippen LogP contribution is -2.39. The summed E-state index contributed by atoms with van der Waals surface area (Å²) in [6, 6.07) is 6.10. The fourth-order valence-corrected chi connectivity index (χ4v) is 4.91. The molecular formula is C20H25Cl2N3OS. The van der Waals surface area contributed by atoms with Crippen molar-refractivity contribution in [2.24, 2.45) is 0 Å². The number of amides is 1. The summed E-state index contributed by atoms with van der Waals surface area (Å²) in [4.78, 5) is 20.2. The van der Waals surface area contributed by atoms with Gasteiger partial charge in [0, 0.05) is 24.7 Å². The highest BCUT2D eigenvalue weighted by Gasteiger charge is 2.19. The fraction of sp³-hybridized carbons (Fsp3) is 0.500. The Morgan fingerprint density at radius 2 is 2.19 bits per heavy atom. The number of thiazole rings is 1. The molecule has 1 unspecified atom stereocenters. The number of likely N-dealkylation sites (tertiary alicyclic amines) is 1. The highest BCUT2D eigenvalue weighted by Crippen LogP contribution is 2.36. The number of nitrogens with zero attached hydrogens (tertiary/aromatic N) is 2. The van der Waals surface area contributed by atoms with Gasteiger partial charge in [-0.3, -0.25) is 4.79 Å². The Morgan fingerprint density at radius 1 is 1.37 bits per heavy atom. The van der Waals surface area contributed by atoms with Crippen molar-refractivity contribution < 1.29 is 4.79 Å². The van der Waals surface area contributed by atoms with Crippen LogP contribution in [0.3, 0.4) is 0 Å². The third-order valence-corrected chi connectivity index (χ3v) is 7.04. The molecule has 146 valence electrons. The first-order chi connectivity index (χ1) is 13.0. The Hall–Kier alpha value is -1.14. The molecule has 2 heterocycles. The van der Waals surface area contributed by atoms with Gasteiger partial charge in [-0.25, -0.2) is 4.98 Å². The molecule has 0 aliphatic carbocycles. The second-order valence-corrected chi connectivity index (χ2v) is 8.81. The summed E-state index contributed by atoms with van der Waals surface area (Å²) in [5.41, 5.74) is 1.48. The minimum Gasteiger partial charge on any atom is -0.351 e. The Morgan fingerprint density at radius 3 is 2.96 bits per heavy atom. The Balaban J connectivity index is 1.57. The highest BCUT2D eigenvalue weighted by molar-refractivity contribution is 7.17. The van der Waals surface area contributed by atoms with Crippen LogP contribution in [-0.4, -0.2) is 41.5 Å². The van der Waals surface area contributed by atoms with Crippen LogP contribution < -0.4 is 5.32 Å². The van der Waals surface area contributed by atoms with E-state index in [4.69, 9.17) is 23.2 Å². The maximum absolute atomic E-state index is 12.6. The molecule has 1 saturated heterocycles. The van der Waals surface area contributed by atoms with E-state index in [-0.39, 0.29) is 5.91 Å². The zero-order chi connectivity index (χ0) is 19.4. The monoisotopic (exact) mass is 425 g/mol. The van der Waals surface area contributed by atoms with E-state index in [1.807, 2.05) is 19.1 Å². The summed E-state index contributed by atoms with van der Waals surface area (Å²) in [6.07, 6.45) is 4.85. The number of benzene rings is 1. The first kappa shape index (κ1) is 20.6. The molecule has 0 radical (unpaired) electrons. The van der Waals surface area contributed by atoms with Gasteiger partial charge in [0.1, 0.15) is 9.88 Å². The van der Waals surface area contributed by atoms with E-state index in [1.165, 1.54) is 37.1 Å². The van der Waals surface area contributed by atoms with Crippen LogP contribution in [0.2, 0.25) is 10.0 Å². The first-order valence-corrected chi connectivity index (χ1v) is 11.0. The normalized spacial score (nSPS) is 17.9. The van der Waals surface area contributed by atoms with Gasteiger partial charge in [-0.2, -0.15) is 0 Å². The molecule has 1 N–H and O–H groups in total. The number of rotatable bonds is 6. The average Bonchev–Trinajstić information content (AvgIpc) is 3.04. The summed E-state index contributed by atoms with van der Waals surface area (Å²) < 4.78 is 0. The SMILES string of the molecule is Cc1nc(-c2cccc(Cl)c2Cl)sc1C(=O)NCCCN1CCCCC1C. The number of hydrogen-bond donors (Lipinski definition) is 1. The summed E-state index contributed by atoms with van der Waals surface area (Å²) in [6.45, 7) is 7.02.